The van der Waals surface area contributed by atoms with E-state index in [0.29, 0.717) is 17.2 Å². The summed E-state index contributed by atoms with van der Waals surface area (Å²) in [5.41, 5.74) is 0.134. The minimum absolute atomic E-state index is 0.00965. The maximum atomic E-state index is 13.0. The third kappa shape index (κ3) is 4.19. The van der Waals surface area contributed by atoms with E-state index in [1.165, 1.54) is 6.07 Å². The second-order valence-corrected chi connectivity index (χ2v) is 6.69. The van der Waals surface area contributed by atoms with Crippen molar-refractivity contribution in [2.75, 3.05) is 4.90 Å². The van der Waals surface area contributed by atoms with Crippen molar-refractivity contribution in [1.82, 2.24) is 5.32 Å². The molecule has 1 aliphatic rings. The molecule has 0 aliphatic carbocycles. The number of furan rings is 1. The first-order valence-electron chi connectivity index (χ1n) is 8.91. The van der Waals surface area contributed by atoms with Crippen molar-refractivity contribution in [1.29, 1.82) is 0 Å². The first-order valence-corrected chi connectivity index (χ1v) is 9.32. The lowest BCUT2D eigenvalue weighted by molar-refractivity contribution is -0.402. The lowest BCUT2D eigenvalue weighted by atomic mass is 10.1. The van der Waals surface area contributed by atoms with E-state index in [-0.39, 0.29) is 16.4 Å². The molecule has 31 heavy (non-hydrogen) atoms. The topological polar surface area (TPSA) is 115 Å². The summed E-state index contributed by atoms with van der Waals surface area (Å²) in [7, 11) is 0. The second kappa shape index (κ2) is 8.20. The fourth-order valence-corrected chi connectivity index (χ4v) is 3.12. The van der Waals surface area contributed by atoms with Crippen molar-refractivity contribution in [2.45, 2.75) is 0 Å². The average Bonchev–Trinajstić information content (AvgIpc) is 3.22. The third-order valence-corrected chi connectivity index (χ3v) is 4.54. The Kier molecular flexibility index (Phi) is 5.29. The zero-order valence-electron chi connectivity index (χ0n) is 15.7. The van der Waals surface area contributed by atoms with Crippen LogP contribution < -0.4 is 15.0 Å². The molecule has 0 unspecified atom stereocenters. The molecule has 4 rings (SSSR count). The fourth-order valence-electron chi connectivity index (χ4n) is 2.84. The van der Waals surface area contributed by atoms with Crippen molar-refractivity contribution in [3.63, 3.8) is 0 Å². The number of nitrogens with zero attached hydrogens (tertiary/aromatic N) is 2. The highest BCUT2D eigenvalue weighted by molar-refractivity contribution is 7.80. The van der Waals surface area contributed by atoms with Crippen LogP contribution in [-0.4, -0.2) is 21.9 Å². The zero-order valence-corrected chi connectivity index (χ0v) is 16.5. The van der Waals surface area contributed by atoms with Gasteiger partial charge in [-0.1, -0.05) is 18.2 Å². The maximum absolute atomic E-state index is 13.0. The molecule has 1 N–H and O–H groups in total. The zero-order chi connectivity index (χ0) is 22.0. The average molecular weight is 435 g/mol. The van der Waals surface area contributed by atoms with Gasteiger partial charge in [-0.05, 0) is 60.8 Å². The van der Waals surface area contributed by atoms with Gasteiger partial charge < -0.3 is 9.15 Å². The Labute approximate surface area is 180 Å². The number of nitro groups is 1. The van der Waals surface area contributed by atoms with Crippen LogP contribution >= 0.6 is 12.2 Å². The summed E-state index contributed by atoms with van der Waals surface area (Å²) in [6.07, 6.45) is 1.13. The Morgan fingerprint density at radius 3 is 2.32 bits per heavy atom. The molecule has 3 aromatic rings. The van der Waals surface area contributed by atoms with E-state index in [0.717, 1.165) is 17.0 Å². The van der Waals surface area contributed by atoms with Crippen LogP contribution in [0.5, 0.6) is 11.5 Å². The first-order chi connectivity index (χ1) is 14.9. The Hall–Kier alpha value is -4.31. The normalized spacial score (nSPS) is 15.2. The van der Waals surface area contributed by atoms with Gasteiger partial charge >= 0.3 is 5.88 Å². The minimum Gasteiger partial charge on any atom is -0.457 e. The number of hydrogen-bond donors (Lipinski definition) is 1. The van der Waals surface area contributed by atoms with Gasteiger partial charge in [-0.3, -0.25) is 29.9 Å². The van der Waals surface area contributed by atoms with Gasteiger partial charge in [0.05, 0.1) is 11.8 Å². The highest BCUT2D eigenvalue weighted by atomic mass is 32.1. The molecule has 2 aromatic carbocycles. The van der Waals surface area contributed by atoms with Crippen LogP contribution in [0.2, 0.25) is 0 Å². The molecule has 1 aliphatic heterocycles. The number of ether oxygens (including phenoxy) is 1. The Bertz CT molecular complexity index is 1220. The van der Waals surface area contributed by atoms with E-state index in [4.69, 9.17) is 21.4 Å². The molecular weight excluding hydrogens is 422 g/mol. The predicted octanol–water partition coefficient (Wildman–Crippen LogP) is 3.81. The highest BCUT2D eigenvalue weighted by Gasteiger charge is 2.35. The molecule has 2 heterocycles. The molecule has 1 saturated heterocycles. The number of rotatable bonds is 5. The van der Waals surface area contributed by atoms with E-state index in [1.807, 2.05) is 30.3 Å². The van der Waals surface area contributed by atoms with E-state index in [9.17, 15) is 19.7 Å². The lowest BCUT2D eigenvalue weighted by Gasteiger charge is -2.28. The van der Waals surface area contributed by atoms with Crippen LogP contribution in [0.1, 0.15) is 5.76 Å². The molecular formula is C21H13N3O6S. The summed E-state index contributed by atoms with van der Waals surface area (Å²) in [5.74, 6) is -0.724. The predicted molar refractivity (Wildman–Crippen MR) is 115 cm³/mol. The van der Waals surface area contributed by atoms with Gasteiger partial charge in [0, 0.05) is 0 Å². The molecule has 10 heteroatoms. The van der Waals surface area contributed by atoms with Gasteiger partial charge in [0.1, 0.15) is 27.8 Å². The van der Waals surface area contributed by atoms with E-state index >= 15 is 0 Å². The number of para-hydroxylation sites is 1. The maximum Gasteiger partial charge on any atom is 0.433 e. The van der Waals surface area contributed by atoms with Crippen LogP contribution in [-0.2, 0) is 9.59 Å². The number of benzene rings is 2. The fraction of sp³-hybridized carbons (Fsp3) is 0. The molecule has 0 atom stereocenters. The van der Waals surface area contributed by atoms with Gasteiger partial charge in [0.25, 0.3) is 11.8 Å². The van der Waals surface area contributed by atoms with Gasteiger partial charge in [-0.15, -0.1) is 0 Å². The second-order valence-electron chi connectivity index (χ2n) is 6.30. The molecule has 9 nitrogen and oxygen atoms in total. The summed E-state index contributed by atoms with van der Waals surface area (Å²) >= 11 is 5.16. The Balaban J connectivity index is 1.59. The van der Waals surface area contributed by atoms with Crippen LogP contribution in [0.4, 0.5) is 11.6 Å². The lowest BCUT2D eigenvalue weighted by Crippen LogP contribution is -2.54. The molecule has 0 radical (unpaired) electrons. The summed E-state index contributed by atoms with van der Waals surface area (Å²) in [6.45, 7) is 0. The largest absolute Gasteiger partial charge is 0.457 e. The molecule has 154 valence electrons. The molecule has 0 spiro atoms. The number of thiocarbonyl (C=S) groups is 1. The van der Waals surface area contributed by atoms with Crippen molar-refractivity contribution >= 4 is 46.8 Å². The van der Waals surface area contributed by atoms with Crippen LogP contribution in [0.25, 0.3) is 6.08 Å². The third-order valence-electron chi connectivity index (χ3n) is 4.25. The van der Waals surface area contributed by atoms with Crippen LogP contribution in [0.15, 0.2) is 76.7 Å². The number of carbonyl (C=O) groups is 2. The van der Waals surface area contributed by atoms with Crippen molar-refractivity contribution in [3.05, 3.63) is 88.2 Å². The molecule has 0 saturated carbocycles. The standard InChI is InChI=1S/C21H13N3O6S/c25-19-17(12-16-10-11-18(30-16)24(27)28)20(26)23(21(31)22-19)13-6-8-15(9-7-13)29-14-4-2-1-3-5-14/h1-12H,(H,22,25,31)/b17-12+. The van der Waals surface area contributed by atoms with Gasteiger partial charge in [-0.25, -0.2) is 0 Å². The van der Waals surface area contributed by atoms with Crippen LogP contribution in [0.3, 0.4) is 0 Å². The van der Waals surface area contributed by atoms with Crippen LogP contribution in [0, 0.1) is 10.1 Å². The Morgan fingerprint density at radius 2 is 1.68 bits per heavy atom. The van der Waals surface area contributed by atoms with Gasteiger partial charge in [0.2, 0.25) is 0 Å². The smallest absolute Gasteiger partial charge is 0.433 e. The monoisotopic (exact) mass is 435 g/mol. The highest BCUT2D eigenvalue weighted by Crippen LogP contribution is 2.27. The van der Waals surface area contributed by atoms with E-state index in [1.54, 1.807) is 24.3 Å². The molecule has 1 fully saturated rings. The van der Waals surface area contributed by atoms with Crippen molar-refractivity contribution < 1.29 is 23.7 Å². The minimum atomic E-state index is -0.727. The number of anilines is 1. The van der Waals surface area contributed by atoms with Gasteiger partial charge in [0.15, 0.2) is 5.11 Å². The van der Waals surface area contributed by atoms with Crippen molar-refractivity contribution in [3.8, 4) is 11.5 Å². The molecule has 0 bridgehead atoms. The quantitative estimate of drug-likeness (QED) is 0.213. The summed E-state index contributed by atoms with van der Waals surface area (Å²) in [4.78, 5) is 36.5. The molecule has 1 aromatic heterocycles. The Morgan fingerprint density at radius 1 is 1.00 bits per heavy atom. The number of amides is 2. The van der Waals surface area contributed by atoms with Gasteiger partial charge in [-0.2, -0.15) is 0 Å². The van der Waals surface area contributed by atoms with E-state index < -0.39 is 22.6 Å². The number of carbonyl (C=O) groups excluding carboxylic acids is 2. The SMILES string of the molecule is O=C1NC(=S)N(c2ccc(Oc3ccccc3)cc2)C(=O)/C1=C/c1ccc([N+](=O)[O-])o1. The number of nitrogens with one attached hydrogen (secondary N) is 1. The number of hydrogen-bond acceptors (Lipinski definition) is 7. The summed E-state index contributed by atoms with van der Waals surface area (Å²) < 4.78 is 10.7. The van der Waals surface area contributed by atoms with Crippen molar-refractivity contribution in [2.24, 2.45) is 0 Å². The first kappa shape index (κ1) is 20.0. The summed E-state index contributed by atoms with van der Waals surface area (Å²) in [5, 5.41) is 13.1. The molecule has 2 amide bonds. The summed E-state index contributed by atoms with van der Waals surface area (Å²) in [6, 6.07) is 18.2. The van der Waals surface area contributed by atoms with E-state index in [2.05, 4.69) is 5.32 Å².